The highest BCUT2D eigenvalue weighted by molar-refractivity contribution is 5.39. The van der Waals surface area contributed by atoms with Gasteiger partial charge in [-0.25, -0.2) is 0 Å². The molecule has 0 bridgehead atoms. The van der Waals surface area contributed by atoms with Gasteiger partial charge in [0.2, 0.25) is 0 Å². The second-order valence-electron chi connectivity index (χ2n) is 7.00. The largest absolute Gasteiger partial charge is 0.310 e. The summed E-state index contributed by atoms with van der Waals surface area (Å²) in [4.78, 5) is 0. The number of hydrogen-bond acceptors (Lipinski definition) is 1. The zero-order valence-corrected chi connectivity index (χ0v) is 14.5. The van der Waals surface area contributed by atoms with E-state index in [1.807, 2.05) is 0 Å². The van der Waals surface area contributed by atoms with Gasteiger partial charge in [-0.2, -0.15) is 0 Å². The minimum atomic E-state index is 0.539. The summed E-state index contributed by atoms with van der Waals surface area (Å²) in [5, 5.41) is 3.74. The molecule has 1 heteroatoms. The molecule has 1 aromatic carbocycles. The molecular formula is C20H33N. The van der Waals surface area contributed by atoms with Gasteiger partial charge in [-0.05, 0) is 62.8 Å². The van der Waals surface area contributed by atoms with E-state index in [4.69, 9.17) is 0 Å². The molecule has 1 aliphatic carbocycles. The zero-order chi connectivity index (χ0) is 15.2. The third kappa shape index (κ3) is 4.57. The Kier molecular flexibility index (Phi) is 6.29. The molecule has 0 spiro atoms. The van der Waals surface area contributed by atoms with Crippen molar-refractivity contribution in [3.05, 3.63) is 34.4 Å². The van der Waals surface area contributed by atoms with Crippen LogP contribution in [0.3, 0.4) is 0 Å². The number of benzene rings is 1. The van der Waals surface area contributed by atoms with Gasteiger partial charge in [0.05, 0.1) is 0 Å². The van der Waals surface area contributed by atoms with E-state index in [0.29, 0.717) is 6.04 Å². The maximum atomic E-state index is 3.74. The lowest BCUT2D eigenvalue weighted by Gasteiger charge is -2.27. The normalized spacial score (nSPS) is 17.9. The molecule has 0 heterocycles. The van der Waals surface area contributed by atoms with Crippen LogP contribution in [-0.4, -0.2) is 6.54 Å². The molecule has 0 aromatic heterocycles. The predicted octanol–water partition coefficient (Wildman–Crippen LogP) is 5.62. The van der Waals surface area contributed by atoms with Crippen molar-refractivity contribution in [3.8, 4) is 0 Å². The van der Waals surface area contributed by atoms with Crippen LogP contribution in [-0.2, 0) is 0 Å². The van der Waals surface area contributed by atoms with Gasteiger partial charge < -0.3 is 5.32 Å². The van der Waals surface area contributed by atoms with Crippen LogP contribution in [0.5, 0.6) is 0 Å². The van der Waals surface area contributed by atoms with Crippen molar-refractivity contribution in [2.75, 3.05) is 6.54 Å². The van der Waals surface area contributed by atoms with E-state index in [2.05, 4.69) is 45.1 Å². The molecule has 1 fully saturated rings. The van der Waals surface area contributed by atoms with Crippen LogP contribution < -0.4 is 5.32 Å². The maximum Gasteiger partial charge on any atom is 0.0325 e. The van der Waals surface area contributed by atoms with Crippen LogP contribution in [0.25, 0.3) is 0 Å². The van der Waals surface area contributed by atoms with Gasteiger partial charge in [0.15, 0.2) is 0 Å². The van der Waals surface area contributed by atoms with Crippen molar-refractivity contribution in [2.45, 2.75) is 78.7 Å². The second kappa shape index (κ2) is 7.98. The average molecular weight is 287 g/mol. The van der Waals surface area contributed by atoms with Crippen LogP contribution in [0, 0.1) is 26.7 Å². The molecule has 1 atom stereocenters. The van der Waals surface area contributed by atoms with Crippen molar-refractivity contribution >= 4 is 0 Å². The molecule has 1 N–H and O–H groups in total. The Labute approximate surface area is 131 Å². The summed E-state index contributed by atoms with van der Waals surface area (Å²) in [5.74, 6) is 0.978. The molecule has 0 saturated heterocycles. The maximum absolute atomic E-state index is 3.74. The summed E-state index contributed by atoms with van der Waals surface area (Å²) in [6.45, 7) is 10.0. The first-order valence-electron chi connectivity index (χ1n) is 8.93. The molecule has 1 unspecified atom stereocenters. The molecule has 118 valence electrons. The monoisotopic (exact) mass is 287 g/mol. The van der Waals surface area contributed by atoms with Crippen LogP contribution >= 0.6 is 0 Å². The molecule has 0 amide bonds. The first-order chi connectivity index (χ1) is 10.1. The Bertz CT molecular complexity index is 420. The summed E-state index contributed by atoms with van der Waals surface area (Å²) in [5.41, 5.74) is 5.86. The fraction of sp³-hybridized carbons (Fsp3) is 0.700. The van der Waals surface area contributed by atoms with Gasteiger partial charge in [-0.1, -0.05) is 56.7 Å². The molecular weight excluding hydrogens is 254 g/mol. The van der Waals surface area contributed by atoms with Gasteiger partial charge >= 0.3 is 0 Å². The lowest BCUT2D eigenvalue weighted by atomic mass is 9.83. The molecule has 2 rings (SSSR count). The SMILES string of the molecule is CCNC(CCC1CCCCC1)c1c(C)cc(C)cc1C. The third-order valence-electron chi connectivity index (χ3n) is 5.13. The first kappa shape index (κ1) is 16.5. The Morgan fingerprint density at radius 1 is 1.05 bits per heavy atom. The molecule has 0 aliphatic heterocycles. The number of aryl methyl sites for hydroxylation is 3. The standard InChI is InChI=1S/C20H33N/c1-5-21-19(12-11-18-9-7-6-8-10-18)20-16(3)13-15(2)14-17(20)4/h13-14,18-19,21H,5-12H2,1-4H3. The lowest BCUT2D eigenvalue weighted by Crippen LogP contribution is -2.23. The van der Waals surface area contributed by atoms with Crippen LogP contribution in [0.1, 0.15) is 80.2 Å². The number of hydrogen-bond donors (Lipinski definition) is 1. The summed E-state index contributed by atoms with van der Waals surface area (Å²) in [6.07, 6.45) is 9.99. The fourth-order valence-corrected chi connectivity index (χ4v) is 4.21. The van der Waals surface area contributed by atoms with E-state index in [1.54, 1.807) is 5.56 Å². The van der Waals surface area contributed by atoms with Gasteiger partial charge in [0, 0.05) is 6.04 Å². The Morgan fingerprint density at radius 3 is 2.24 bits per heavy atom. The van der Waals surface area contributed by atoms with Gasteiger partial charge in [0.25, 0.3) is 0 Å². The summed E-state index contributed by atoms with van der Waals surface area (Å²) < 4.78 is 0. The molecule has 1 saturated carbocycles. The van der Waals surface area contributed by atoms with E-state index < -0.39 is 0 Å². The summed E-state index contributed by atoms with van der Waals surface area (Å²) >= 11 is 0. The van der Waals surface area contributed by atoms with Crippen molar-refractivity contribution < 1.29 is 0 Å². The quantitative estimate of drug-likeness (QED) is 0.715. The van der Waals surface area contributed by atoms with Gasteiger partial charge in [-0.3, -0.25) is 0 Å². The highest BCUT2D eigenvalue weighted by atomic mass is 14.9. The van der Waals surface area contributed by atoms with Crippen LogP contribution in [0.2, 0.25) is 0 Å². The average Bonchev–Trinajstić information content (AvgIpc) is 2.45. The third-order valence-corrected chi connectivity index (χ3v) is 5.13. The zero-order valence-electron chi connectivity index (χ0n) is 14.5. The Balaban J connectivity index is 2.07. The molecule has 1 nitrogen and oxygen atoms in total. The highest BCUT2D eigenvalue weighted by Crippen LogP contribution is 2.32. The Hall–Kier alpha value is -0.820. The smallest absolute Gasteiger partial charge is 0.0325 e. The first-order valence-corrected chi connectivity index (χ1v) is 8.93. The van der Waals surface area contributed by atoms with E-state index in [1.165, 1.54) is 61.6 Å². The van der Waals surface area contributed by atoms with Crippen LogP contribution in [0.4, 0.5) is 0 Å². The molecule has 1 aromatic rings. The van der Waals surface area contributed by atoms with Crippen molar-refractivity contribution in [2.24, 2.45) is 5.92 Å². The minimum absolute atomic E-state index is 0.539. The van der Waals surface area contributed by atoms with Crippen molar-refractivity contribution in [3.63, 3.8) is 0 Å². The topological polar surface area (TPSA) is 12.0 Å². The van der Waals surface area contributed by atoms with Gasteiger partial charge in [0.1, 0.15) is 0 Å². The van der Waals surface area contributed by atoms with E-state index in [-0.39, 0.29) is 0 Å². The van der Waals surface area contributed by atoms with Crippen LogP contribution in [0.15, 0.2) is 12.1 Å². The fourth-order valence-electron chi connectivity index (χ4n) is 4.21. The van der Waals surface area contributed by atoms with E-state index >= 15 is 0 Å². The van der Waals surface area contributed by atoms with Crippen molar-refractivity contribution in [1.82, 2.24) is 5.32 Å². The van der Waals surface area contributed by atoms with E-state index in [0.717, 1.165) is 12.5 Å². The molecule has 0 radical (unpaired) electrons. The predicted molar refractivity (Wildman–Crippen MR) is 92.9 cm³/mol. The summed E-state index contributed by atoms with van der Waals surface area (Å²) in [6, 6.07) is 5.22. The molecule has 21 heavy (non-hydrogen) atoms. The Morgan fingerprint density at radius 2 is 1.67 bits per heavy atom. The van der Waals surface area contributed by atoms with Gasteiger partial charge in [-0.15, -0.1) is 0 Å². The summed E-state index contributed by atoms with van der Waals surface area (Å²) in [7, 11) is 0. The van der Waals surface area contributed by atoms with E-state index in [9.17, 15) is 0 Å². The second-order valence-corrected chi connectivity index (χ2v) is 7.00. The highest BCUT2D eigenvalue weighted by Gasteiger charge is 2.19. The minimum Gasteiger partial charge on any atom is -0.310 e. The number of rotatable bonds is 6. The van der Waals surface area contributed by atoms with Crippen molar-refractivity contribution in [1.29, 1.82) is 0 Å². The lowest BCUT2D eigenvalue weighted by molar-refractivity contribution is 0.315. The molecule has 1 aliphatic rings. The number of nitrogens with one attached hydrogen (secondary N) is 1.